The van der Waals surface area contributed by atoms with Crippen LogP contribution in [0.25, 0.3) is 0 Å². The minimum absolute atomic E-state index is 0. The van der Waals surface area contributed by atoms with Crippen LogP contribution in [0.4, 0.5) is 0 Å². The van der Waals surface area contributed by atoms with Gasteiger partial charge in [0.05, 0.1) is 13.2 Å². The number of likely N-dealkylation sites (N-methyl/N-ethyl adjacent to an activating group) is 2. The van der Waals surface area contributed by atoms with E-state index in [0.717, 1.165) is 62.6 Å². The van der Waals surface area contributed by atoms with Gasteiger partial charge in [-0.15, -0.1) is 24.0 Å². The van der Waals surface area contributed by atoms with Crippen LogP contribution in [0.1, 0.15) is 18.4 Å². The standard InChI is InChI=1S/C22H38N4O3.HI/c1-23-22(26(3)12-14-28-18-19-8-9-19)24-17-20-6-5-7-21(16-20)29-15-11-25(2)10-13-27-4;/h5-7,16,19H,8-15,17-18H2,1-4H3,(H,23,24);1H. The minimum Gasteiger partial charge on any atom is -0.492 e. The van der Waals surface area contributed by atoms with Crippen molar-refractivity contribution in [2.24, 2.45) is 10.9 Å². The summed E-state index contributed by atoms with van der Waals surface area (Å²) in [5.74, 6) is 2.56. The molecule has 1 fully saturated rings. The molecule has 1 N–H and O–H groups in total. The summed E-state index contributed by atoms with van der Waals surface area (Å²) in [6, 6.07) is 8.20. The van der Waals surface area contributed by atoms with Gasteiger partial charge in [0.2, 0.25) is 0 Å². The monoisotopic (exact) mass is 534 g/mol. The Morgan fingerprint density at radius 2 is 1.90 bits per heavy atom. The van der Waals surface area contributed by atoms with Crippen molar-refractivity contribution < 1.29 is 14.2 Å². The molecule has 0 aliphatic heterocycles. The third-order valence-corrected chi connectivity index (χ3v) is 4.96. The molecular weight excluding hydrogens is 495 g/mol. The van der Waals surface area contributed by atoms with Gasteiger partial charge in [-0.2, -0.15) is 0 Å². The number of aliphatic imine (C=N–C) groups is 1. The van der Waals surface area contributed by atoms with Crippen LogP contribution >= 0.6 is 24.0 Å². The maximum absolute atomic E-state index is 5.90. The number of methoxy groups -OCH3 is 1. The molecule has 0 spiro atoms. The van der Waals surface area contributed by atoms with Crippen molar-refractivity contribution in [1.29, 1.82) is 0 Å². The van der Waals surface area contributed by atoms with E-state index in [2.05, 4.69) is 39.3 Å². The molecule has 0 unspecified atom stereocenters. The van der Waals surface area contributed by atoms with Gasteiger partial charge in [0.1, 0.15) is 12.4 Å². The normalized spacial score (nSPS) is 13.8. The van der Waals surface area contributed by atoms with E-state index in [-0.39, 0.29) is 24.0 Å². The van der Waals surface area contributed by atoms with Gasteiger partial charge in [-0.1, -0.05) is 12.1 Å². The number of nitrogens with zero attached hydrogens (tertiary/aromatic N) is 3. The van der Waals surface area contributed by atoms with Gasteiger partial charge >= 0.3 is 0 Å². The first-order chi connectivity index (χ1) is 14.1. The second-order valence-electron chi connectivity index (χ2n) is 7.63. The van der Waals surface area contributed by atoms with Crippen LogP contribution in [0.5, 0.6) is 5.75 Å². The van der Waals surface area contributed by atoms with Crippen molar-refractivity contribution in [3.05, 3.63) is 29.8 Å². The van der Waals surface area contributed by atoms with Crippen molar-refractivity contribution in [2.45, 2.75) is 19.4 Å². The lowest BCUT2D eigenvalue weighted by atomic mass is 10.2. The molecule has 2 rings (SSSR count). The molecule has 0 heterocycles. The summed E-state index contributed by atoms with van der Waals surface area (Å²) >= 11 is 0. The van der Waals surface area contributed by atoms with E-state index in [1.807, 2.05) is 26.2 Å². The summed E-state index contributed by atoms with van der Waals surface area (Å²) in [7, 11) is 7.64. The average molecular weight is 534 g/mol. The maximum Gasteiger partial charge on any atom is 0.193 e. The van der Waals surface area contributed by atoms with Gasteiger partial charge in [0.15, 0.2) is 5.96 Å². The van der Waals surface area contributed by atoms with Crippen molar-refractivity contribution in [2.75, 3.05) is 74.3 Å². The minimum atomic E-state index is 0. The Bertz CT molecular complexity index is 614. The SMILES string of the molecule is CN=C(NCc1cccc(OCCN(C)CCOC)c1)N(C)CCOCC1CC1.I. The predicted molar refractivity (Wildman–Crippen MR) is 133 cm³/mol. The van der Waals surface area contributed by atoms with E-state index >= 15 is 0 Å². The fourth-order valence-electron chi connectivity index (χ4n) is 2.83. The molecule has 0 radical (unpaired) electrons. The molecule has 1 aromatic carbocycles. The third kappa shape index (κ3) is 11.3. The highest BCUT2D eigenvalue weighted by Crippen LogP contribution is 2.28. The molecule has 30 heavy (non-hydrogen) atoms. The zero-order valence-corrected chi connectivity index (χ0v) is 21.3. The topological polar surface area (TPSA) is 58.6 Å². The molecule has 7 nitrogen and oxygen atoms in total. The zero-order chi connectivity index (χ0) is 20.9. The summed E-state index contributed by atoms with van der Waals surface area (Å²) in [6.07, 6.45) is 2.65. The fourth-order valence-corrected chi connectivity index (χ4v) is 2.83. The van der Waals surface area contributed by atoms with E-state index in [4.69, 9.17) is 14.2 Å². The van der Waals surface area contributed by atoms with Crippen LogP contribution < -0.4 is 10.1 Å². The van der Waals surface area contributed by atoms with Crippen LogP contribution in [0.3, 0.4) is 0 Å². The predicted octanol–water partition coefficient (Wildman–Crippen LogP) is 2.70. The Balaban J connectivity index is 0.00000450. The van der Waals surface area contributed by atoms with E-state index in [0.29, 0.717) is 13.2 Å². The van der Waals surface area contributed by atoms with Gasteiger partial charge < -0.3 is 29.3 Å². The second-order valence-corrected chi connectivity index (χ2v) is 7.63. The average Bonchev–Trinajstić information content (AvgIpc) is 3.55. The molecule has 1 aromatic rings. The Kier molecular flexibility index (Phi) is 14.1. The summed E-state index contributed by atoms with van der Waals surface area (Å²) in [5, 5.41) is 3.41. The number of nitrogens with one attached hydrogen (secondary N) is 1. The Hall–Kier alpha value is -1.10. The second kappa shape index (κ2) is 15.7. The first kappa shape index (κ1) is 26.9. The first-order valence-corrected chi connectivity index (χ1v) is 10.5. The number of rotatable bonds is 14. The number of halogens is 1. The number of ether oxygens (including phenoxy) is 3. The van der Waals surface area contributed by atoms with Crippen molar-refractivity contribution in [1.82, 2.24) is 15.1 Å². The molecule has 8 heteroatoms. The van der Waals surface area contributed by atoms with Gasteiger partial charge in [-0.3, -0.25) is 4.99 Å². The van der Waals surface area contributed by atoms with Gasteiger partial charge in [-0.05, 0) is 43.5 Å². The van der Waals surface area contributed by atoms with Crippen LogP contribution in [0.15, 0.2) is 29.3 Å². The lowest BCUT2D eigenvalue weighted by molar-refractivity contribution is 0.115. The molecule has 0 aromatic heterocycles. The van der Waals surface area contributed by atoms with E-state index < -0.39 is 0 Å². The number of hydrogen-bond donors (Lipinski definition) is 1. The van der Waals surface area contributed by atoms with Crippen molar-refractivity contribution in [3.8, 4) is 5.75 Å². The molecule has 0 bridgehead atoms. The lowest BCUT2D eigenvalue weighted by Gasteiger charge is -2.22. The fraction of sp³-hybridized carbons (Fsp3) is 0.682. The smallest absolute Gasteiger partial charge is 0.193 e. The summed E-state index contributed by atoms with van der Waals surface area (Å²) in [5.41, 5.74) is 1.16. The van der Waals surface area contributed by atoms with E-state index in [9.17, 15) is 0 Å². The molecule has 0 amide bonds. The van der Waals surface area contributed by atoms with Crippen molar-refractivity contribution >= 4 is 29.9 Å². The van der Waals surface area contributed by atoms with Crippen LogP contribution in [0.2, 0.25) is 0 Å². The van der Waals surface area contributed by atoms with Gasteiger partial charge in [0.25, 0.3) is 0 Å². The number of guanidine groups is 1. The molecule has 1 aliphatic carbocycles. The van der Waals surface area contributed by atoms with Gasteiger partial charge in [-0.25, -0.2) is 0 Å². The molecule has 0 atom stereocenters. The Labute approximate surface area is 199 Å². The molecule has 1 saturated carbocycles. The van der Waals surface area contributed by atoms with Crippen LogP contribution in [0, 0.1) is 5.92 Å². The van der Waals surface area contributed by atoms with E-state index in [1.54, 1.807) is 7.11 Å². The number of hydrogen-bond acceptors (Lipinski definition) is 5. The molecule has 1 aliphatic rings. The Morgan fingerprint density at radius 1 is 1.13 bits per heavy atom. The van der Waals surface area contributed by atoms with Crippen LogP contribution in [-0.2, 0) is 16.0 Å². The highest BCUT2D eigenvalue weighted by atomic mass is 127. The van der Waals surface area contributed by atoms with E-state index in [1.165, 1.54) is 12.8 Å². The summed E-state index contributed by atoms with van der Waals surface area (Å²) < 4.78 is 16.7. The lowest BCUT2D eigenvalue weighted by Crippen LogP contribution is -2.40. The Morgan fingerprint density at radius 3 is 2.60 bits per heavy atom. The third-order valence-electron chi connectivity index (χ3n) is 4.96. The molecule has 0 saturated heterocycles. The highest BCUT2D eigenvalue weighted by Gasteiger charge is 2.21. The number of benzene rings is 1. The molecule has 172 valence electrons. The van der Waals surface area contributed by atoms with Gasteiger partial charge in [0, 0.05) is 54.0 Å². The zero-order valence-electron chi connectivity index (χ0n) is 18.9. The maximum atomic E-state index is 5.90. The first-order valence-electron chi connectivity index (χ1n) is 10.5. The van der Waals surface area contributed by atoms with Crippen molar-refractivity contribution in [3.63, 3.8) is 0 Å². The summed E-state index contributed by atoms with van der Waals surface area (Å²) in [6.45, 7) is 6.32. The quantitative estimate of drug-likeness (QED) is 0.172. The summed E-state index contributed by atoms with van der Waals surface area (Å²) in [4.78, 5) is 8.67. The highest BCUT2D eigenvalue weighted by molar-refractivity contribution is 14.0. The van der Waals surface area contributed by atoms with Crippen LogP contribution in [-0.4, -0.2) is 90.1 Å². The molecular formula is C22H39IN4O3. The largest absolute Gasteiger partial charge is 0.492 e.